The summed E-state index contributed by atoms with van der Waals surface area (Å²) in [5, 5.41) is 86.6. The molecule has 0 saturated heterocycles. The normalized spacial score (nSPS) is 19.0. The Morgan fingerprint density at radius 1 is 0.800 bits per heavy atom. The predicted octanol–water partition coefficient (Wildman–Crippen LogP) is -9.64. The Morgan fingerprint density at radius 2 is 1.20 bits per heavy atom. The van der Waals surface area contributed by atoms with E-state index >= 15 is 0 Å². The van der Waals surface area contributed by atoms with Gasteiger partial charge in [0.15, 0.2) is 12.1 Å². The molecule has 10 N–H and O–H groups in total. The Kier molecular flexibility index (Phi) is 20.3. The summed E-state index contributed by atoms with van der Waals surface area (Å²) in [5.74, 6) is -1.00. The van der Waals surface area contributed by atoms with Gasteiger partial charge in [0.2, 0.25) is 0 Å². The van der Waals surface area contributed by atoms with Gasteiger partial charge in [-0.05, 0) is 0 Å². The third kappa shape index (κ3) is 11.8. The fourth-order valence-corrected chi connectivity index (χ4v) is 1.22. The first-order valence-corrected chi connectivity index (χ1v) is 6.65. The van der Waals surface area contributed by atoms with Crippen molar-refractivity contribution in [1.29, 1.82) is 0 Å². The molecule has 0 amide bonds. The Bertz CT molecular complexity index is 363. The monoisotopic (exact) mass is 400 g/mol. The summed E-state index contributed by atoms with van der Waals surface area (Å²) in [4.78, 5) is 20.4. The molecule has 0 spiro atoms. The third-order valence-electron chi connectivity index (χ3n) is 2.81. The van der Waals surface area contributed by atoms with Gasteiger partial charge >= 0.3 is 51.4 Å². The summed E-state index contributed by atoms with van der Waals surface area (Å²) in [6.45, 7) is -2.45. The first-order chi connectivity index (χ1) is 11.1. The second-order valence-electron chi connectivity index (χ2n) is 4.67. The smallest absolute Gasteiger partial charge is 1.00 e. The van der Waals surface area contributed by atoms with E-state index < -0.39 is 68.3 Å². The number of hydrogen-bond acceptors (Lipinski definition) is 12. The van der Waals surface area contributed by atoms with Crippen LogP contribution in [-0.4, -0.2) is 126 Å². The average molecular weight is 400 g/mol. The molecule has 0 aliphatic carbocycles. The van der Waals surface area contributed by atoms with Crippen molar-refractivity contribution in [2.75, 3.05) is 19.8 Å². The molecule has 0 saturated carbocycles. The molecule has 0 aromatic heterocycles. The maximum atomic E-state index is 10.5. The second kappa shape index (κ2) is 16.7. The van der Waals surface area contributed by atoms with E-state index in [9.17, 15) is 9.59 Å². The Hall–Kier alpha value is 0.576. The van der Waals surface area contributed by atoms with Crippen molar-refractivity contribution < 1.29 is 113 Å². The van der Waals surface area contributed by atoms with Crippen LogP contribution in [0, 0.1) is 0 Å². The van der Waals surface area contributed by atoms with Crippen molar-refractivity contribution >= 4 is 12.1 Å². The topological polar surface area (TPSA) is 236 Å². The number of aliphatic hydroxyl groups excluding tert-OH is 10. The summed E-state index contributed by atoms with van der Waals surface area (Å²) in [6.07, 6.45) is -12.1. The van der Waals surface area contributed by atoms with Crippen LogP contribution in [0.4, 0.5) is 0 Å². The molecule has 0 aliphatic heterocycles. The molecule has 0 bridgehead atoms. The van der Waals surface area contributed by atoms with Crippen molar-refractivity contribution in [1.82, 2.24) is 0 Å². The predicted molar refractivity (Wildman–Crippen MR) is 75.5 cm³/mol. The number of ketones is 1. The van der Waals surface area contributed by atoms with Crippen LogP contribution < -0.4 is 51.4 Å². The van der Waals surface area contributed by atoms with E-state index in [1.165, 1.54) is 0 Å². The van der Waals surface area contributed by atoms with Crippen LogP contribution in [-0.2, 0) is 9.59 Å². The van der Waals surface area contributed by atoms with E-state index in [0.29, 0.717) is 0 Å². The SMILES string of the molecule is O=C(CO)[C@@H](O)[C@H](O)[C@H](O)CO.O=C[C@H](O)[C@@H](O)[C@H](O)[C@H](O)CO.[H-].[K+]. The minimum atomic E-state index is -1.86. The molecule has 7 atom stereocenters. The van der Waals surface area contributed by atoms with E-state index in [1.54, 1.807) is 0 Å². The van der Waals surface area contributed by atoms with Crippen LogP contribution >= 0.6 is 0 Å². The first-order valence-electron chi connectivity index (χ1n) is 6.65. The number of rotatable bonds is 10. The van der Waals surface area contributed by atoms with Crippen LogP contribution in [0.5, 0.6) is 0 Å². The fourth-order valence-electron chi connectivity index (χ4n) is 1.22. The maximum Gasteiger partial charge on any atom is 1.00 e. The summed E-state index contributed by atoms with van der Waals surface area (Å²) in [6, 6.07) is 0. The van der Waals surface area contributed by atoms with Crippen LogP contribution in [0.3, 0.4) is 0 Å². The van der Waals surface area contributed by atoms with Crippen LogP contribution in [0.2, 0.25) is 0 Å². The van der Waals surface area contributed by atoms with Crippen LogP contribution in [0.1, 0.15) is 1.43 Å². The molecular formula is C12H25KO12. The molecule has 146 valence electrons. The zero-order valence-electron chi connectivity index (χ0n) is 14.5. The molecule has 25 heavy (non-hydrogen) atoms. The molecule has 0 heterocycles. The summed E-state index contributed by atoms with van der Waals surface area (Å²) in [5.41, 5.74) is 0. The molecule has 0 aromatic rings. The van der Waals surface area contributed by atoms with E-state index in [2.05, 4.69) is 0 Å². The van der Waals surface area contributed by atoms with Gasteiger partial charge in [0.25, 0.3) is 0 Å². The molecule has 12 nitrogen and oxygen atoms in total. The fraction of sp³-hybridized carbons (Fsp3) is 0.833. The largest absolute Gasteiger partial charge is 1.00 e. The van der Waals surface area contributed by atoms with Crippen molar-refractivity contribution in [2.24, 2.45) is 0 Å². The maximum absolute atomic E-state index is 10.5. The van der Waals surface area contributed by atoms with Gasteiger partial charge in [0, 0.05) is 0 Å². The Labute approximate surface area is 186 Å². The molecular weight excluding hydrogens is 375 g/mol. The van der Waals surface area contributed by atoms with Gasteiger partial charge in [-0.3, -0.25) is 4.79 Å². The third-order valence-corrected chi connectivity index (χ3v) is 2.81. The standard InChI is InChI=1S/2C6H12O6.K.H/c2*7-1-3(9)5(11)6(12)4(10)2-8;;/h3,5-9,11-12H,1-2H2;1,3-6,8-12H,2H2;;/q;;+1;-1/t3-,5-,6-;3-,4+,5+,6+;;/m10../s1. The summed E-state index contributed by atoms with van der Waals surface area (Å²) in [7, 11) is 0. The molecule has 0 unspecified atom stereocenters. The van der Waals surface area contributed by atoms with E-state index in [-0.39, 0.29) is 59.1 Å². The minimum absolute atomic E-state index is 0. The van der Waals surface area contributed by atoms with Crippen molar-refractivity contribution in [3.05, 3.63) is 0 Å². The Morgan fingerprint density at radius 3 is 1.52 bits per heavy atom. The van der Waals surface area contributed by atoms with E-state index in [1.807, 2.05) is 0 Å². The number of Topliss-reactive ketones (excluding diaryl/α,β-unsaturated/α-hetero) is 1. The number of aldehydes is 1. The van der Waals surface area contributed by atoms with Gasteiger partial charge in [-0.2, -0.15) is 0 Å². The Balaban J connectivity index is -0.000000173. The van der Waals surface area contributed by atoms with Crippen LogP contribution in [0.15, 0.2) is 0 Å². The number of hydrogen-bond donors (Lipinski definition) is 10. The average Bonchev–Trinajstić information content (AvgIpc) is 2.62. The van der Waals surface area contributed by atoms with E-state index in [0.717, 1.165) is 0 Å². The number of carbonyl (C=O) groups is 2. The van der Waals surface area contributed by atoms with Gasteiger partial charge in [0.05, 0.1) is 13.2 Å². The van der Waals surface area contributed by atoms with Crippen LogP contribution in [0.25, 0.3) is 0 Å². The zero-order chi connectivity index (χ0) is 19.4. The molecule has 0 aliphatic rings. The molecule has 0 aromatic carbocycles. The van der Waals surface area contributed by atoms with Crippen molar-refractivity contribution in [3.63, 3.8) is 0 Å². The van der Waals surface area contributed by atoms with Crippen molar-refractivity contribution in [2.45, 2.75) is 42.7 Å². The van der Waals surface area contributed by atoms with Gasteiger partial charge in [0.1, 0.15) is 49.3 Å². The van der Waals surface area contributed by atoms with Gasteiger partial charge < -0.3 is 57.3 Å². The summed E-state index contributed by atoms with van der Waals surface area (Å²) < 4.78 is 0. The number of carbonyl (C=O) groups excluding carboxylic acids is 2. The van der Waals surface area contributed by atoms with E-state index in [4.69, 9.17) is 51.1 Å². The molecule has 0 fully saturated rings. The second-order valence-corrected chi connectivity index (χ2v) is 4.67. The first kappa shape index (κ1) is 30.3. The zero-order valence-corrected chi connectivity index (χ0v) is 16.7. The number of aliphatic hydroxyl groups is 10. The van der Waals surface area contributed by atoms with Gasteiger partial charge in [-0.1, -0.05) is 0 Å². The van der Waals surface area contributed by atoms with Gasteiger partial charge in [-0.25, -0.2) is 0 Å². The molecule has 0 rings (SSSR count). The summed E-state index contributed by atoms with van der Waals surface area (Å²) >= 11 is 0. The molecule has 0 radical (unpaired) electrons. The quantitative estimate of drug-likeness (QED) is 0.121. The minimum Gasteiger partial charge on any atom is -1.00 e. The van der Waals surface area contributed by atoms with Gasteiger partial charge in [-0.15, -0.1) is 0 Å². The molecule has 13 heteroatoms. The van der Waals surface area contributed by atoms with Crippen molar-refractivity contribution in [3.8, 4) is 0 Å².